The molecule has 1 saturated carbocycles. The van der Waals surface area contributed by atoms with Crippen LogP contribution in [0.1, 0.15) is 70.1 Å². The number of likely N-dealkylation sites (tertiary alicyclic amines) is 1. The summed E-state index contributed by atoms with van der Waals surface area (Å²) in [5, 5.41) is 0. The van der Waals surface area contributed by atoms with Crippen LogP contribution in [0.4, 0.5) is 0 Å². The third-order valence-electron chi connectivity index (χ3n) is 5.92. The van der Waals surface area contributed by atoms with E-state index in [9.17, 15) is 14.4 Å². The van der Waals surface area contributed by atoms with Crippen LogP contribution in [0, 0.1) is 5.92 Å². The van der Waals surface area contributed by atoms with E-state index < -0.39 is 0 Å². The average Bonchev–Trinajstić information content (AvgIpc) is 3.03. The van der Waals surface area contributed by atoms with Crippen molar-refractivity contribution in [2.24, 2.45) is 5.92 Å². The lowest BCUT2D eigenvalue weighted by Crippen LogP contribution is -2.42. The van der Waals surface area contributed by atoms with E-state index in [1.807, 2.05) is 4.90 Å². The van der Waals surface area contributed by atoms with Gasteiger partial charge in [-0.05, 0) is 50.3 Å². The third-order valence-corrected chi connectivity index (χ3v) is 5.92. The molecule has 0 radical (unpaired) electrons. The van der Waals surface area contributed by atoms with Gasteiger partial charge in [-0.1, -0.05) is 12.8 Å². The summed E-state index contributed by atoms with van der Waals surface area (Å²) in [6.45, 7) is 2.12. The molecule has 1 saturated heterocycles. The molecule has 0 spiro atoms. The number of nitrogens with zero attached hydrogens (tertiary/aromatic N) is 2. The number of hydrogen-bond donors (Lipinski definition) is 0. The SMILES string of the molecule is C[C@@H]1C[C@H]2CCCC[C@@H]2N1C(=O)c1ccc2c(c1)C(=O)N(C)C2=O. The van der Waals surface area contributed by atoms with Gasteiger partial charge in [0, 0.05) is 24.7 Å². The Morgan fingerprint density at radius 3 is 2.58 bits per heavy atom. The van der Waals surface area contributed by atoms with Crippen molar-refractivity contribution >= 4 is 17.7 Å². The number of fused-ring (bicyclic) bond motifs is 2. The van der Waals surface area contributed by atoms with E-state index in [-0.39, 0.29) is 23.8 Å². The molecule has 1 aromatic carbocycles. The second-order valence-electron chi connectivity index (χ2n) is 7.34. The van der Waals surface area contributed by atoms with Crippen LogP contribution in [-0.4, -0.2) is 46.7 Å². The molecule has 2 fully saturated rings. The molecule has 1 aromatic rings. The minimum Gasteiger partial charge on any atom is -0.333 e. The summed E-state index contributed by atoms with van der Waals surface area (Å²) in [5.41, 5.74) is 1.26. The molecule has 3 aliphatic rings. The Labute approximate surface area is 141 Å². The molecule has 0 unspecified atom stereocenters. The molecule has 1 aliphatic carbocycles. The van der Waals surface area contributed by atoms with Gasteiger partial charge in [0.25, 0.3) is 17.7 Å². The summed E-state index contributed by atoms with van der Waals surface area (Å²) in [5.74, 6) is -0.0125. The van der Waals surface area contributed by atoms with Crippen LogP contribution in [-0.2, 0) is 0 Å². The molecule has 24 heavy (non-hydrogen) atoms. The topological polar surface area (TPSA) is 57.7 Å². The lowest BCUT2D eigenvalue weighted by atomic mass is 9.85. The number of hydrogen-bond acceptors (Lipinski definition) is 3. The fourth-order valence-corrected chi connectivity index (χ4v) is 4.70. The largest absolute Gasteiger partial charge is 0.333 e. The number of amides is 3. The highest BCUT2D eigenvalue weighted by molar-refractivity contribution is 6.21. The third kappa shape index (κ3) is 2.10. The lowest BCUT2D eigenvalue weighted by molar-refractivity contribution is 0.0632. The zero-order valence-electron chi connectivity index (χ0n) is 14.1. The Bertz CT molecular complexity index is 742. The molecular weight excluding hydrogens is 304 g/mol. The van der Waals surface area contributed by atoms with Crippen LogP contribution >= 0.6 is 0 Å². The van der Waals surface area contributed by atoms with Crippen molar-refractivity contribution in [3.63, 3.8) is 0 Å². The van der Waals surface area contributed by atoms with Gasteiger partial charge in [-0.25, -0.2) is 0 Å². The smallest absolute Gasteiger partial charge is 0.261 e. The highest BCUT2D eigenvalue weighted by atomic mass is 16.2. The summed E-state index contributed by atoms with van der Waals surface area (Å²) >= 11 is 0. The predicted octanol–water partition coefficient (Wildman–Crippen LogP) is 2.71. The summed E-state index contributed by atoms with van der Waals surface area (Å²) in [7, 11) is 1.47. The lowest BCUT2D eigenvalue weighted by Gasteiger charge is -2.33. The van der Waals surface area contributed by atoms with Crippen molar-refractivity contribution in [2.45, 2.75) is 51.1 Å². The van der Waals surface area contributed by atoms with E-state index in [2.05, 4.69) is 6.92 Å². The van der Waals surface area contributed by atoms with Crippen LogP contribution in [0.25, 0.3) is 0 Å². The first-order valence-electron chi connectivity index (χ1n) is 8.78. The normalized spacial score (nSPS) is 29.0. The van der Waals surface area contributed by atoms with Crippen molar-refractivity contribution in [3.8, 4) is 0 Å². The quantitative estimate of drug-likeness (QED) is 0.746. The van der Waals surface area contributed by atoms with Crippen molar-refractivity contribution < 1.29 is 14.4 Å². The van der Waals surface area contributed by atoms with Gasteiger partial charge in [-0.15, -0.1) is 0 Å². The van der Waals surface area contributed by atoms with Crippen LogP contribution in [0.5, 0.6) is 0 Å². The van der Waals surface area contributed by atoms with Crippen LogP contribution in [0.15, 0.2) is 18.2 Å². The molecule has 2 aliphatic heterocycles. The first-order chi connectivity index (χ1) is 11.5. The molecule has 0 aromatic heterocycles. The Kier molecular flexibility index (Phi) is 3.48. The molecule has 5 heteroatoms. The minimum atomic E-state index is -0.324. The van der Waals surface area contributed by atoms with E-state index in [1.54, 1.807) is 18.2 Å². The van der Waals surface area contributed by atoms with Gasteiger partial charge in [0.1, 0.15) is 0 Å². The van der Waals surface area contributed by atoms with Crippen LogP contribution in [0.3, 0.4) is 0 Å². The molecular formula is C19H22N2O3. The van der Waals surface area contributed by atoms with E-state index in [0.29, 0.717) is 28.7 Å². The minimum absolute atomic E-state index is 0.00509. The van der Waals surface area contributed by atoms with Crippen molar-refractivity contribution in [1.82, 2.24) is 9.80 Å². The zero-order valence-corrected chi connectivity index (χ0v) is 14.1. The number of imide groups is 1. The molecule has 126 valence electrons. The maximum absolute atomic E-state index is 13.1. The number of benzene rings is 1. The molecule has 4 rings (SSSR count). The van der Waals surface area contributed by atoms with Gasteiger partial charge in [0.2, 0.25) is 0 Å². The highest BCUT2D eigenvalue weighted by Crippen LogP contribution is 2.40. The maximum Gasteiger partial charge on any atom is 0.261 e. The predicted molar refractivity (Wildman–Crippen MR) is 88.9 cm³/mol. The monoisotopic (exact) mass is 326 g/mol. The molecule has 3 atom stereocenters. The molecule has 2 heterocycles. The van der Waals surface area contributed by atoms with Gasteiger partial charge in [-0.3, -0.25) is 19.3 Å². The van der Waals surface area contributed by atoms with Gasteiger partial charge in [-0.2, -0.15) is 0 Å². The fraction of sp³-hybridized carbons (Fsp3) is 0.526. The van der Waals surface area contributed by atoms with Gasteiger partial charge in [0.05, 0.1) is 11.1 Å². The van der Waals surface area contributed by atoms with Crippen molar-refractivity contribution in [1.29, 1.82) is 0 Å². The number of carbonyl (C=O) groups excluding carboxylic acids is 3. The Balaban J connectivity index is 1.66. The average molecular weight is 326 g/mol. The summed E-state index contributed by atoms with van der Waals surface area (Å²) in [6, 6.07) is 5.47. The molecule has 3 amide bonds. The molecule has 0 N–H and O–H groups in total. The Hall–Kier alpha value is -2.17. The highest BCUT2D eigenvalue weighted by Gasteiger charge is 2.43. The first kappa shape index (κ1) is 15.4. The summed E-state index contributed by atoms with van der Waals surface area (Å²) in [6.07, 6.45) is 5.80. The van der Waals surface area contributed by atoms with E-state index >= 15 is 0 Å². The van der Waals surface area contributed by atoms with E-state index in [4.69, 9.17) is 0 Å². The van der Waals surface area contributed by atoms with Crippen molar-refractivity contribution in [3.05, 3.63) is 34.9 Å². The van der Waals surface area contributed by atoms with E-state index in [1.165, 1.54) is 26.3 Å². The maximum atomic E-state index is 13.1. The van der Waals surface area contributed by atoms with Crippen molar-refractivity contribution in [2.75, 3.05) is 7.05 Å². The van der Waals surface area contributed by atoms with Gasteiger partial charge in [0.15, 0.2) is 0 Å². The van der Waals surface area contributed by atoms with Crippen LogP contribution < -0.4 is 0 Å². The molecule has 0 bridgehead atoms. The second kappa shape index (κ2) is 5.43. The Morgan fingerprint density at radius 1 is 1.08 bits per heavy atom. The molecule has 5 nitrogen and oxygen atoms in total. The summed E-state index contributed by atoms with van der Waals surface area (Å²) < 4.78 is 0. The van der Waals surface area contributed by atoms with E-state index in [0.717, 1.165) is 17.7 Å². The number of carbonyl (C=O) groups is 3. The fourth-order valence-electron chi connectivity index (χ4n) is 4.70. The van der Waals surface area contributed by atoms with Gasteiger partial charge < -0.3 is 4.90 Å². The number of rotatable bonds is 1. The Morgan fingerprint density at radius 2 is 1.79 bits per heavy atom. The standard InChI is InChI=1S/C19H22N2O3/c1-11-9-12-5-3-4-6-16(12)21(11)17(22)13-7-8-14-15(10-13)19(24)20(2)18(14)23/h7-8,10-12,16H,3-6,9H2,1-2H3/t11-,12-,16+/m1/s1. The summed E-state index contributed by atoms with van der Waals surface area (Å²) in [4.78, 5) is 40.4. The second-order valence-corrected chi connectivity index (χ2v) is 7.34. The zero-order chi connectivity index (χ0) is 17.0. The van der Waals surface area contributed by atoms with Crippen LogP contribution in [0.2, 0.25) is 0 Å². The van der Waals surface area contributed by atoms with Gasteiger partial charge >= 0.3 is 0 Å². The first-order valence-corrected chi connectivity index (χ1v) is 8.78.